The number of phenols is 1. The highest BCUT2D eigenvalue weighted by Gasteiger charge is 2.01. The van der Waals surface area contributed by atoms with E-state index in [0.29, 0.717) is 6.54 Å². The summed E-state index contributed by atoms with van der Waals surface area (Å²) in [6, 6.07) is 14.5. The van der Waals surface area contributed by atoms with Crippen molar-refractivity contribution in [3.05, 3.63) is 54.1 Å². The van der Waals surface area contributed by atoms with E-state index < -0.39 is 0 Å². The molecule has 2 aromatic carbocycles. The van der Waals surface area contributed by atoms with Gasteiger partial charge in [-0.2, -0.15) is 0 Å². The van der Waals surface area contributed by atoms with Crippen LogP contribution in [0.4, 0.5) is 11.4 Å². The Balaban J connectivity index is 1.87. The second kappa shape index (κ2) is 7.31. The molecule has 5 nitrogen and oxygen atoms in total. The van der Waals surface area contributed by atoms with Gasteiger partial charge in [0.2, 0.25) is 5.91 Å². The van der Waals surface area contributed by atoms with E-state index >= 15 is 0 Å². The number of ether oxygens (including phenoxy) is 1. The lowest BCUT2D eigenvalue weighted by Crippen LogP contribution is -2.16. The van der Waals surface area contributed by atoms with Crippen molar-refractivity contribution in [2.75, 3.05) is 24.4 Å². The molecule has 3 N–H and O–H groups in total. The lowest BCUT2D eigenvalue weighted by atomic mass is 10.2. The van der Waals surface area contributed by atoms with Gasteiger partial charge in [-0.15, -0.1) is 0 Å². The Morgan fingerprint density at radius 1 is 1.05 bits per heavy atom. The van der Waals surface area contributed by atoms with Gasteiger partial charge in [-0.1, -0.05) is 12.1 Å². The zero-order chi connectivity index (χ0) is 15.1. The molecule has 0 radical (unpaired) electrons. The second-order valence-electron chi connectivity index (χ2n) is 4.58. The maximum atomic E-state index is 11.4. The molecule has 110 valence electrons. The van der Waals surface area contributed by atoms with Gasteiger partial charge in [-0.25, -0.2) is 0 Å². The Morgan fingerprint density at radius 3 is 2.29 bits per heavy atom. The molecule has 0 aliphatic rings. The SMILES string of the molecule is COCC(=O)Nc1ccc(NCc2ccc(O)cc2)cc1. The van der Waals surface area contributed by atoms with Crippen LogP contribution in [0, 0.1) is 0 Å². The third kappa shape index (κ3) is 4.81. The van der Waals surface area contributed by atoms with Gasteiger partial charge in [-0.05, 0) is 42.0 Å². The highest BCUT2D eigenvalue weighted by molar-refractivity contribution is 5.91. The lowest BCUT2D eigenvalue weighted by Gasteiger charge is -2.09. The van der Waals surface area contributed by atoms with Crippen LogP contribution >= 0.6 is 0 Å². The lowest BCUT2D eigenvalue weighted by molar-refractivity contribution is -0.119. The van der Waals surface area contributed by atoms with E-state index in [4.69, 9.17) is 4.74 Å². The molecule has 0 aliphatic carbocycles. The van der Waals surface area contributed by atoms with Crippen molar-refractivity contribution in [3.8, 4) is 5.75 Å². The van der Waals surface area contributed by atoms with Gasteiger partial charge in [0.15, 0.2) is 0 Å². The Bertz CT molecular complexity index is 579. The maximum absolute atomic E-state index is 11.4. The largest absolute Gasteiger partial charge is 0.508 e. The molecule has 0 fully saturated rings. The number of amides is 1. The molecule has 0 spiro atoms. The van der Waals surface area contributed by atoms with Crippen molar-refractivity contribution >= 4 is 17.3 Å². The standard InChI is InChI=1S/C16H18N2O3/c1-21-11-16(20)18-14-6-4-13(5-7-14)17-10-12-2-8-15(19)9-3-12/h2-9,17,19H,10-11H2,1H3,(H,18,20). The molecule has 21 heavy (non-hydrogen) atoms. The summed E-state index contributed by atoms with van der Waals surface area (Å²) >= 11 is 0. The Kier molecular flexibility index (Phi) is 5.17. The predicted molar refractivity (Wildman–Crippen MR) is 82.4 cm³/mol. The zero-order valence-corrected chi connectivity index (χ0v) is 11.8. The number of nitrogens with one attached hydrogen (secondary N) is 2. The van der Waals surface area contributed by atoms with Crippen LogP contribution < -0.4 is 10.6 Å². The third-order valence-electron chi connectivity index (χ3n) is 2.88. The highest BCUT2D eigenvalue weighted by atomic mass is 16.5. The van der Waals surface area contributed by atoms with Gasteiger partial charge in [-0.3, -0.25) is 4.79 Å². The molecular weight excluding hydrogens is 268 g/mol. The number of hydrogen-bond donors (Lipinski definition) is 3. The molecule has 1 amide bonds. The predicted octanol–water partition coefficient (Wildman–Crippen LogP) is 2.59. The van der Waals surface area contributed by atoms with Gasteiger partial charge in [0.05, 0.1) is 0 Å². The topological polar surface area (TPSA) is 70.6 Å². The van der Waals surface area contributed by atoms with E-state index in [9.17, 15) is 9.90 Å². The molecular formula is C16H18N2O3. The van der Waals surface area contributed by atoms with Crippen LogP contribution in [-0.4, -0.2) is 24.7 Å². The number of rotatable bonds is 6. The summed E-state index contributed by atoms with van der Waals surface area (Å²) in [7, 11) is 1.48. The molecule has 2 aromatic rings. The number of carbonyl (C=O) groups is 1. The average molecular weight is 286 g/mol. The van der Waals surface area contributed by atoms with Gasteiger partial charge in [0.25, 0.3) is 0 Å². The van der Waals surface area contributed by atoms with Crippen LogP contribution in [0.5, 0.6) is 5.75 Å². The fourth-order valence-corrected chi connectivity index (χ4v) is 1.82. The van der Waals surface area contributed by atoms with Crippen molar-refractivity contribution in [1.82, 2.24) is 0 Å². The number of methoxy groups -OCH3 is 1. The first kappa shape index (κ1) is 14.9. The van der Waals surface area contributed by atoms with Crippen molar-refractivity contribution in [1.29, 1.82) is 0 Å². The summed E-state index contributed by atoms with van der Waals surface area (Å²) in [5, 5.41) is 15.2. The minimum atomic E-state index is -0.178. The fraction of sp³-hybridized carbons (Fsp3) is 0.188. The number of carbonyl (C=O) groups excluding carboxylic acids is 1. The quantitative estimate of drug-likeness (QED) is 0.763. The van der Waals surface area contributed by atoms with E-state index in [0.717, 1.165) is 16.9 Å². The van der Waals surface area contributed by atoms with Gasteiger partial charge >= 0.3 is 0 Å². The van der Waals surface area contributed by atoms with Crippen LogP contribution in [0.2, 0.25) is 0 Å². The highest BCUT2D eigenvalue weighted by Crippen LogP contribution is 2.15. The number of benzene rings is 2. The molecule has 0 aromatic heterocycles. The minimum Gasteiger partial charge on any atom is -0.508 e. The molecule has 0 bridgehead atoms. The number of anilines is 2. The van der Waals surface area contributed by atoms with E-state index in [1.807, 2.05) is 36.4 Å². The first-order valence-corrected chi connectivity index (χ1v) is 6.58. The number of aromatic hydroxyl groups is 1. The Hall–Kier alpha value is -2.53. The summed E-state index contributed by atoms with van der Waals surface area (Å²) in [6.45, 7) is 0.705. The Labute approximate surface area is 123 Å². The monoisotopic (exact) mass is 286 g/mol. The maximum Gasteiger partial charge on any atom is 0.250 e. The molecule has 0 atom stereocenters. The number of phenolic OH excluding ortho intramolecular Hbond substituents is 1. The zero-order valence-electron chi connectivity index (χ0n) is 11.8. The van der Waals surface area contributed by atoms with Crippen LogP contribution in [0.3, 0.4) is 0 Å². The average Bonchev–Trinajstić information content (AvgIpc) is 2.48. The first-order valence-electron chi connectivity index (χ1n) is 6.58. The third-order valence-corrected chi connectivity index (χ3v) is 2.88. The number of hydrogen-bond acceptors (Lipinski definition) is 4. The normalized spacial score (nSPS) is 10.1. The van der Waals surface area contributed by atoms with Gasteiger partial charge in [0.1, 0.15) is 12.4 Å². The van der Waals surface area contributed by atoms with Crippen LogP contribution in [0.25, 0.3) is 0 Å². The van der Waals surface area contributed by atoms with E-state index in [1.165, 1.54) is 7.11 Å². The summed E-state index contributed by atoms with van der Waals surface area (Å²) < 4.78 is 4.75. The van der Waals surface area contributed by atoms with Crippen LogP contribution in [0.1, 0.15) is 5.56 Å². The summed E-state index contributed by atoms with van der Waals surface area (Å²) in [4.78, 5) is 11.4. The molecule has 0 saturated heterocycles. The van der Waals surface area contributed by atoms with Crippen molar-refractivity contribution in [2.24, 2.45) is 0 Å². The van der Waals surface area contributed by atoms with Crippen LogP contribution in [-0.2, 0) is 16.1 Å². The summed E-state index contributed by atoms with van der Waals surface area (Å²) in [6.07, 6.45) is 0. The molecule has 5 heteroatoms. The van der Waals surface area contributed by atoms with Crippen molar-refractivity contribution in [2.45, 2.75) is 6.54 Å². The van der Waals surface area contributed by atoms with Crippen LogP contribution in [0.15, 0.2) is 48.5 Å². The smallest absolute Gasteiger partial charge is 0.250 e. The minimum absolute atomic E-state index is 0.0425. The van der Waals surface area contributed by atoms with Crippen molar-refractivity contribution < 1.29 is 14.6 Å². The first-order chi connectivity index (χ1) is 10.2. The molecule has 2 rings (SSSR count). The van der Waals surface area contributed by atoms with Gasteiger partial charge in [0, 0.05) is 25.0 Å². The fourth-order valence-electron chi connectivity index (χ4n) is 1.82. The van der Waals surface area contributed by atoms with E-state index in [1.54, 1.807) is 12.1 Å². The second-order valence-corrected chi connectivity index (χ2v) is 4.58. The molecule has 0 heterocycles. The summed E-state index contributed by atoms with van der Waals surface area (Å²) in [5.41, 5.74) is 2.75. The molecule has 0 aliphatic heterocycles. The summed E-state index contributed by atoms with van der Waals surface area (Å²) in [5.74, 6) is 0.0807. The van der Waals surface area contributed by atoms with E-state index in [2.05, 4.69) is 10.6 Å². The Morgan fingerprint density at radius 2 is 1.67 bits per heavy atom. The van der Waals surface area contributed by atoms with Gasteiger partial charge < -0.3 is 20.5 Å². The van der Waals surface area contributed by atoms with E-state index in [-0.39, 0.29) is 18.3 Å². The van der Waals surface area contributed by atoms with Crippen molar-refractivity contribution in [3.63, 3.8) is 0 Å². The molecule has 0 saturated carbocycles. The molecule has 0 unspecified atom stereocenters.